The maximum Gasteiger partial charge on any atom is 0.254 e. The van der Waals surface area contributed by atoms with E-state index in [2.05, 4.69) is 11.9 Å². The number of nitrogens with zero attached hydrogens (tertiary/aromatic N) is 3. The number of anilines is 1. The Morgan fingerprint density at radius 1 is 1.02 bits per heavy atom. The summed E-state index contributed by atoms with van der Waals surface area (Å²) in [5.41, 5.74) is 2.60. The fourth-order valence-corrected chi connectivity index (χ4v) is 4.31. The fraction of sp³-hybridized carbons (Fsp3) is 0.167. The summed E-state index contributed by atoms with van der Waals surface area (Å²) in [5.74, 6) is 1.66. The van der Waals surface area contributed by atoms with Gasteiger partial charge in [0.05, 0.1) is 25.6 Å². The standard InChI is InChI=1S/C30H28N4O6/c1-4-14-33(29(36)21-10-12-25-27(15-21)40-19-39-25)18-28(35)32-30-31-23(20-8-6-5-7-9-20)17-34(30)22-11-13-24(37-2)26(16-22)38-3/h4-13,15-17H,1,14,18-19H2,2-3H3,(H,31,32,35). The molecular weight excluding hydrogens is 512 g/mol. The van der Waals surface area contributed by atoms with Gasteiger partial charge < -0.3 is 23.8 Å². The number of methoxy groups -OCH3 is 2. The molecule has 3 aromatic carbocycles. The average molecular weight is 541 g/mol. The number of rotatable bonds is 10. The van der Waals surface area contributed by atoms with Crippen LogP contribution in [0.2, 0.25) is 0 Å². The number of fused-ring (bicyclic) bond motifs is 1. The highest BCUT2D eigenvalue weighted by Crippen LogP contribution is 2.33. The molecule has 10 heteroatoms. The Morgan fingerprint density at radius 2 is 1.80 bits per heavy atom. The van der Waals surface area contributed by atoms with Gasteiger partial charge in [-0.25, -0.2) is 4.98 Å². The third-order valence-electron chi connectivity index (χ3n) is 6.26. The van der Waals surface area contributed by atoms with E-state index in [4.69, 9.17) is 23.9 Å². The van der Waals surface area contributed by atoms with Crippen LogP contribution in [0.15, 0.2) is 85.6 Å². The molecule has 40 heavy (non-hydrogen) atoms. The summed E-state index contributed by atoms with van der Waals surface area (Å²) in [6.07, 6.45) is 3.39. The zero-order valence-corrected chi connectivity index (χ0v) is 22.1. The second-order valence-electron chi connectivity index (χ2n) is 8.82. The van der Waals surface area contributed by atoms with Crippen molar-refractivity contribution in [3.8, 4) is 39.9 Å². The van der Waals surface area contributed by atoms with Crippen LogP contribution in [0.4, 0.5) is 5.95 Å². The fourth-order valence-electron chi connectivity index (χ4n) is 4.31. The van der Waals surface area contributed by atoms with Gasteiger partial charge in [-0.1, -0.05) is 36.4 Å². The Labute approximate surface area is 231 Å². The number of nitrogens with one attached hydrogen (secondary N) is 1. The van der Waals surface area contributed by atoms with Crippen LogP contribution in [0.5, 0.6) is 23.0 Å². The van der Waals surface area contributed by atoms with Crippen LogP contribution in [-0.2, 0) is 4.79 Å². The van der Waals surface area contributed by atoms with Crippen molar-refractivity contribution >= 4 is 17.8 Å². The van der Waals surface area contributed by atoms with Crippen molar-refractivity contribution < 1.29 is 28.5 Å². The molecule has 0 radical (unpaired) electrons. The van der Waals surface area contributed by atoms with Crippen molar-refractivity contribution in [2.45, 2.75) is 0 Å². The highest BCUT2D eigenvalue weighted by Gasteiger charge is 2.23. The lowest BCUT2D eigenvalue weighted by molar-refractivity contribution is -0.116. The van der Waals surface area contributed by atoms with E-state index in [0.717, 1.165) is 5.56 Å². The molecule has 1 aliphatic rings. The maximum absolute atomic E-state index is 13.3. The SMILES string of the molecule is C=CCN(CC(=O)Nc1nc(-c2ccccc2)cn1-c1ccc(OC)c(OC)c1)C(=O)c1ccc2c(c1)OCO2. The Hall–Kier alpha value is -5.25. The van der Waals surface area contributed by atoms with E-state index in [1.54, 1.807) is 55.2 Å². The molecule has 2 amide bonds. The molecule has 0 bridgehead atoms. The number of amides is 2. The van der Waals surface area contributed by atoms with Gasteiger partial charge in [0.25, 0.3) is 5.91 Å². The van der Waals surface area contributed by atoms with E-state index in [-0.39, 0.29) is 31.7 Å². The first-order valence-corrected chi connectivity index (χ1v) is 12.5. The molecule has 5 rings (SSSR count). The number of hydrogen-bond donors (Lipinski definition) is 1. The highest BCUT2D eigenvalue weighted by atomic mass is 16.7. The highest BCUT2D eigenvalue weighted by molar-refractivity contribution is 5.99. The van der Waals surface area contributed by atoms with E-state index in [9.17, 15) is 9.59 Å². The van der Waals surface area contributed by atoms with Crippen LogP contribution in [0.25, 0.3) is 16.9 Å². The zero-order chi connectivity index (χ0) is 28.1. The second-order valence-corrected chi connectivity index (χ2v) is 8.82. The molecule has 0 spiro atoms. The number of ether oxygens (including phenoxy) is 4. The first-order chi connectivity index (χ1) is 19.5. The molecule has 0 saturated heterocycles. The summed E-state index contributed by atoms with van der Waals surface area (Å²) in [6.45, 7) is 3.78. The molecule has 1 aliphatic heterocycles. The molecule has 4 aromatic rings. The molecule has 1 aromatic heterocycles. The number of carbonyl (C=O) groups excluding carboxylic acids is 2. The van der Waals surface area contributed by atoms with Gasteiger partial charge in [0.1, 0.15) is 6.54 Å². The summed E-state index contributed by atoms with van der Waals surface area (Å²) in [5, 5.41) is 2.87. The number of imidazole rings is 1. The largest absolute Gasteiger partial charge is 0.493 e. The van der Waals surface area contributed by atoms with Gasteiger partial charge in [0, 0.05) is 29.9 Å². The molecule has 1 N–H and O–H groups in total. The monoisotopic (exact) mass is 540 g/mol. The lowest BCUT2D eigenvalue weighted by Crippen LogP contribution is -2.38. The van der Waals surface area contributed by atoms with E-state index < -0.39 is 5.91 Å². The van der Waals surface area contributed by atoms with Crippen LogP contribution in [0.3, 0.4) is 0 Å². The van der Waals surface area contributed by atoms with Crippen LogP contribution in [0.1, 0.15) is 10.4 Å². The van der Waals surface area contributed by atoms with Crippen LogP contribution >= 0.6 is 0 Å². The molecule has 204 valence electrons. The lowest BCUT2D eigenvalue weighted by Gasteiger charge is -2.21. The van der Waals surface area contributed by atoms with Gasteiger partial charge in [-0.3, -0.25) is 19.5 Å². The minimum Gasteiger partial charge on any atom is -0.493 e. The molecular formula is C30H28N4O6. The van der Waals surface area contributed by atoms with E-state index in [0.29, 0.717) is 39.9 Å². The third kappa shape index (κ3) is 5.46. The predicted molar refractivity (Wildman–Crippen MR) is 149 cm³/mol. The molecule has 0 unspecified atom stereocenters. The summed E-state index contributed by atoms with van der Waals surface area (Å²) in [6, 6.07) is 19.9. The molecule has 0 saturated carbocycles. The van der Waals surface area contributed by atoms with Crippen molar-refractivity contribution in [1.29, 1.82) is 0 Å². The number of aromatic nitrogens is 2. The van der Waals surface area contributed by atoms with Gasteiger partial charge in [-0.15, -0.1) is 6.58 Å². The summed E-state index contributed by atoms with van der Waals surface area (Å²) in [7, 11) is 3.12. The van der Waals surface area contributed by atoms with Crippen LogP contribution in [0, 0.1) is 0 Å². The Morgan fingerprint density at radius 3 is 2.55 bits per heavy atom. The van der Waals surface area contributed by atoms with Crippen molar-refractivity contribution in [2.75, 3.05) is 39.4 Å². The smallest absolute Gasteiger partial charge is 0.254 e. The summed E-state index contributed by atoms with van der Waals surface area (Å²) < 4.78 is 23.3. The van der Waals surface area contributed by atoms with Gasteiger partial charge >= 0.3 is 0 Å². The summed E-state index contributed by atoms with van der Waals surface area (Å²) in [4.78, 5) is 32.7. The van der Waals surface area contributed by atoms with Gasteiger partial charge in [-0.05, 0) is 30.3 Å². The predicted octanol–water partition coefficient (Wildman–Crippen LogP) is 4.55. The third-order valence-corrected chi connectivity index (χ3v) is 6.26. The summed E-state index contributed by atoms with van der Waals surface area (Å²) >= 11 is 0. The average Bonchev–Trinajstić information content (AvgIpc) is 3.63. The number of hydrogen-bond acceptors (Lipinski definition) is 7. The molecule has 0 fully saturated rings. The first-order valence-electron chi connectivity index (χ1n) is 12.5. The van der Waals surface area contributed by atoms with Crippen LogP contribution < -0.4 is 24.3 Å². The van der Waals surface area contributed by atoms with Gasteiger partial charge in [0.15, 0.2) is 23.0 Å². The van der Waals surface area contributed by atoms with E-state index in [1.165, 1.54) is 4.90 Å². The van der Waals surface area contributed by atoms with E-state index >= 15 is 0 Å². The van der Waals surface area contributed by atoms with Crippen molar-refractivity contribution in [1.82, 2.24) is 14.5 Å². The quantitative estimate of drug-likeness (QED) is 0.294. The van der Waals surface area contributed by atoms with Crippen molar-refractivity contribution in [2.24, 2.45) is 0 Å². The molecule has 0 aliphatic carbocycles. The molecule has 10 nitrogen and oxygen atoms in total. The molecule has 2 heterocycles. The Kier molecular flexibility index (Phi) is 7.68. The Bertz CT molecular complexity index is 1550. The van der Waals surface area contributed by atoms with Crippen LogP contribution in [-0.4, -0.2) is 60.4 Å². The lowest BCUT2D eigenvalue weighted by atomic mass is 10.1. The van der Waals surface area contributed by atoms with Crippen molar-refractivity contribution in [3.05, 3.63) is 91.1 Å². The number of carbonyl (C=O) groups is 2. The van der Waals surface area contributed by atoms with E-state index in [1.807, 2.05) is 42.6 Å². The van der Waals surface area contributed by atoms with Crippen molar-refractivity contribution in [3.63, 3.8) is 0 Å². The minimum atomic E-state index is -0.428. The molecule has 0 atom stereocenters. The second kappa shape index (κ2) is 11.6. The zero-order valence-electron chi connectivity index (χ0n) is 22.1. The first kappa shape index (κ1) is 26.4. The number of benzene rings is 3. The van der Waals surface area contributed by atoms with Gasteiger partial charge in [0.2, 0.25) is 18.6 Å². The normalized spacial score (nSPS) is 11.6. The maximum atomic E-state index is 13.3. The minimum absolute atomic E-state index is 0.101. The topological polar surface area (TPSA) is 104 Å². The Balaban J connectivity index is 1.42. The van der Waals surface area contributed by atoms with Gasteiger partial charge in [-0.2, -0.15) is 0 Å².